The van der Waals surface area contributed by atoms with E-state index in [0.717, 1.165) is 59.9 Å². The molecule has 7 heteroatoms. The molecule has 4 aromatic rings. The molecule has 2 heterocycles. The number of nitrogens with zero attached hydrogens (tertiary/aromatic N) is 2. The van der Waals surface area contributed by atoms with E-state index in [1.165, 1.54) is 0 Å². The Morgan fingerprint density at radius 2 is 1.85 bits per heavy atom. The zero-order valence-electron chi connectivity index (χ0n) is 22.5. The fourth-order valence-electron chi connectivity index (χ4n) is 4.47. The van der Waals surface area contributed by atoms with Crippen molar-refractivity contribution in [2.75, 3.05) is 13.2 Å². The van der Waals surface area contributed by atoms with Crippen molar-refractivity contribution < 1.29 is 13.9 Å². The second kappa shape index (κ2) is 14.0. The van der Waals surface area contributed by atoms with Gasteiger partial charge in [-0.3, -0.25) is 9.89 Å². The highest BCUT2D eigenvalue weighted by molar-refractivity contribution is 6.00. The van der Waals surface area contributed by atoms with Gasteiger partial charge in [-0.2, -0.15) is 9.49 Å². The SMILES string of the molecule is CCCNC(=O)/C=C/CCCCOc1ccc(/C(=C(/CC)c2ccccc2)c2ccc3n[nH]c(F)c3c2)cn1. The maximum atomic E-state index is 14.4. The van der Waals surface area contributed by atoms with E-state index in [0.29, 0.717) is 29.9 Å². The lowest BCUT2D eigenvalue weighted by molar-refractivity contribution is -0.116. The molecule has 0 spiro atoms. The molecule has 2 aromatic carbocycles. The van der Waals surface area contributed by atoms with Gasteiger partial charge in [0.15, 0.2) is 0 Å². The third-order valence-electron chi connectivity index (χ3n) is 6.43. The van der Waals surface area contributed by atoms with Gasteiger partial charge in [-0.1, -0.05) is 56.3 Å². The molecule has 0 bridgehead atoms. The summed E-state index contributed by atoms with van der Waals surface area (Å²) >= 11 is 0. The second-order valence-corrected chi connectivity index (χ2v) is 9.27. The number of fused-ring (bicyclic) bond motifs is 1. The molecule has 1 amide bonds. The molecule has 0 radical (unpaired) electrons. The van der Waals surface area contributed by atoms with Crippen LogP contribution >= 0.6 is 0 Å². The first-order valence-electron chi connectivity index (χ1n) is 13.6. The molecule has 0 saturated heterocycles. The van der Waals surface area contributed by atoms with Crippen LogP contribution in [0.1, 0.15) is 62.6 Å². The number of ether oxygens (including phenoxy) is 1. The lowest BCUT2D eigenvalue weighted by Gasteiger charge is -2.16. The summed E-state index contributed by atoms with van der Waals surface area (Å²) in [5.41, 5.74) is 5.67. The molecule has 0 aliphatic rings. The smallest absolute Gasteiger partial charge is 0.243 e. The summed E-state index contributed by atoms with van der Waals surface area (Å²) in [4.78, 5) is 16.2. The minimum atomic E-state index is -0.443. The quantitative estimate of drug-likeness (QED) is 0.111. The fourth-order valence-corrected chi connectivity index (χ4v) is 4.47. The zero-order chi connectivity index (χ0) is 27.5. The Morgan fingerprint density at radius 3 is 2.59 bits per heavy atom. The monoisotopic (exact) mass is 526 g/mol. The first-order chi connectivity index (χ1) is 19.1. The number of nitrogens with one attached hydrogen (secondary N) is 2. The number of unbranched alkanes of at least 4 members (excludes halogenated alkanes) is 2. The van der Waals surface area contributed by atoms with Crippen LogP contribution in [-0.2, 0) is 4.79 Å². The van der Waals surface area contributed by atoms with E-state index in [9.17, 15) is 9.18 Å². The summed E-state index contributed by atoms with van der Waals surface area (Å²) in [5.74, 6) is 0.0712. The lowest BCUT2D eigenvalue weighted by atomic mass is 9.88. The van der Waals surface area contributed by atoms with Crippen LogP contribution < -0.4 is 10.1 Å². The van der Waals surface area contributed by atoms with Crippen molar-refractivity contribution in [2.45, 2.75) is 46.0 Å². The van der Waals surface area contributed by atoms with E-state index in [1.807, 2.05) is 67.7 Å². The summed E-state index contributed by atoms with van der Waals surface area (Å²) in [7, 11) is 0. The Kier molecular flexibility index (Phi) is 10.0. The Bertz CT molecular complexity index is 1430. The van der Waals surface area contributed by atoms with Gasteiger partial charge in [0.1, 0.15) is 0 Å². The summed E-state index contributed by atoms with van der Waals surface area (Å²) in [5, 5.41) is 9.74. The molecule has 39 heavy (non-hydrogen) atoms. The fraction of sp³-hybridized carbons (Fsp3) is 0.281. The lowest BCUT2D eigenvalue weighted by Crippen LogP contribution is -2.21. The number of aromatic nitrogens is 3. The highest BCUT2D eigenvalue weighted by Crippen LogP contribution is 2.35. The summed E-state index contributed by atoms with van der Waals surface area (Å²) < 4.78 is 20.2. The van der Waals surface area contributed by atoms with Crippen LogP contribution in [0.3, 0.4) is 0 Å². The van der Waals surface area contributed by atoms with Gasteiger partial charge in [0.25, 0.3) is 0 Å². The predicted octanol–water partition coefficient (Wildman–Crippen LogP) is 7.10. The molecule has 0 aliphatic heterocycles. The van der Waals surface area contributed by atoms with Crippen LogP contribution in [0.5, 0.6) is 5.88 Å². The van der Waals surface area contributed by atoms with Gasteiger partial charge in [-0.15, -0.1) is 0 Å². The number of benzene rings is 2. The standard InChI is InChI=1S/C32H35FN4O2/c1-3-19-34-29(38)14-10-5-6-11-20-39-30-18-16-25(22-35-30)31(26(4-2)23-12-8-7-9-13-23)24-15-17-28-27(21-24)32(33)37-36-28/h7-10,12-18,21-22H,3-6,11,19-20H2,1-2H3,(H,34,38)(H,36,37)/b14-10+,31-26-. The highest BCUT2D eigenvalue weighted by Gasteiger charge is 2.16. The highest BCUT2D eigenvalue weighted by atomic mass is 19.1. The van der Waals surface area contributed by atoms with Crippen LogP contribution in [-0.4, -0.2) is 34.2 Å². The van der Waals surface area contributed by atoms with E-state index in [-0.39, 0.29) is 5.91 Å². The van der Waals surface area contributed by atoms with Crippen molar-refractivity contribution in [2.24, 2.45) is 0 Å². The van der Waals surface area contributed by atoms with Crippen molar-refractivity contribution in [1.82, 2.24) is 20.5 Å². The summed E-state index contributed by atoms with van der Waals surface area (Å²) in [6.45, 7) is 5.39. The third kappa shape index (κ3) is 7.41. The number of halogens is 1. The van der Waals surface area contributed by atoms with Crippen LogP contribution in [0.25, 0.3) is 22.0 Å². The number of amides is 1. The second-order valence-electron chi connectivity index (χ2n) is 9.27. The number of hydrogen-bond donors (Lipinski definition) is 2. The third-order valence-corrected chi connectivity index (χ3v) is 6.43. The van der Waals surface area contributed by atoms with E-state index >= 15 is 0 Å². The number of rotatable bonds is 13. The minimum absolute atomic E-state index is 0.0425. The summed E-state index contributed by atoms with van der Waals surface area (Å²) in [6.07, 6.45) is 9.64. The zero-order valence-corrected chi connectivity index (χ0v) is 22.5. The molecule has 0 aliphatic carbocycles. The van der Waals surface area contributed by atoms with Crippen LogP contribution in [0.2, 0.25) is 0 Å². The van der Waals surface area contributed by atoms with Crippen molar-refractivity contribution >= 4 is 28.0 Å². The number of carbonyl (C=O) groups is 1. The number of carbonyl (C=O) groups excluding carboxylic acids is 1. The molecule has 2 aromatic heterocycles. The van der Waals surface area contributed by atoms with Crippen molar-refractivity contribution in [3.05, 3.63) is 102 Å². The first kappa shape index (κ1) is 27.8. The number of hydrogen-bond acceptors (Lipinski definition) is 4. The Balaban J connectivity index is 1.48. The van der Waals surface area contributed by atoms with Gasteiger partial charge in [0.05, 0.1) is 17.5 Å². The molecule has 4 rings (SSSR count). The number of H-pyrrole nitrogens is 1. The molecular formula is C32H35FN4O2. The van der Waals surface area contributed by atoms with Crippen molar-refractivity contribution in [3.8, 4) is 5.88 Å². The maximum absolute atomic E-state index is 14.4. The van der Waals surface area contributed by atoms with Gasteiger partial charge >= 0.3 is 0 Å². The van der Waals surface area contributed by atoms with Crippen LogP contribution in [0.4, 0.5) is 4.39 Å². The van der Waals surface area contributed by atoms with Crippen LogP contribution in [0.15, 0.2) is 79.0 Å². The maximum Gasteiger partial charge on any atom is 0.243 e. The Morgan fingerprint density at radius 1 is 1.03 bits per heavy atom. The Hall–Kier alpha value is -4.26. The predicted molar refractivity (Wildman–Crippen MR) is 155 cm³/mol. The van der Waals surface area contributed by atoms with E-state index in [2.05, 4.69) is 39.6 Å². The van der Waals surface area contributed by atoms with Crippen molar-refractivity contribution in [1.29, 1.82) is 0 Å². The average molecular weight is 527 g/mol. The molecule has 0 unspecified atom stereocenters. The molecule has 0 saturated carbocycles. The molecule has 202 valence electrons. The number of aromatic amines is 1. The molecular weight excluding hydrogens is 491 g/mol. The molecule has 2 N–H and O–H groups in total. The van der Waals surface area contributed by atoms with E-state index < -0.39 is 5.95 Å². The van der Waals surface area contributed by atoms with Gasteiger partial charge in [0, 0.05) is 24.4 Å². The van der Waals surface area contributed by atoms with E-state index in [1.54, 1.807) is 6.08 Å². The molecule has 0 atom stereocenters. The van der Waals surface area contributed by atoms with Crippen molar-refractivity contribution in [3.63, 3.8) is 0 Å². The topological polar surface area (TPSA) is 79.9 Å². The minimum Gasteiger partial charge on any atom is -0.478 e. The molecule has 0 fully saturated rings. The van der Waals surface area contributed by atoms with Crippen LogP contribution in [0, 0.1) is 5.95 Å². The van der Waals surface area contributed by atoms with Gasteiger partial charge < -0.3 is 10.1 Å². The number of pyridine rings is 1. The van der Waals surface area contributed by atoms with E-state index in [4.69, 9.17) is 4.74 Å². The van der Waals surface area contributed by atoms with Gasteiger partial charge in [0.2, 0.25) is 17.7 Å². The Labute approximate surface area is 229 Å². The normalized spacial score (nSPS) is 12.1. The van der Waals surface area contributed by atoms with Gasteiger partial charge in [-0.05, 0) is 78.7 Å². The average Bonchev–Trinajstić information content (AvgIpc) is 3.34. The molecule has 6 nitrogen and oxygen atoms in total. The van der Waals surface area contributed by atoms with Gasteiger partial charge in [-0.25, -0.2) is 4.98 Å². The number of allylic oxidation sites excluding steroid dienone is 2. The largest absolute Gasteiger partial charge is 0.478 e. The summed E-state index contributed by atoms with van der Waals surface area (Å²) in [6, 6.07) is 19.8. The first-order valence-corrected chi connectivity index (χ1v) is 13.6.